The minimum absolute atomic E-state index is 0.0801. The van der Waals surface area contributed by atoms with Crippen LogP contribution in [-0.4, -0.2) is 34.0 Å². The van der Waals surface area contributed by atoms with Gasteiger partial charge in [-0.25, -0.2) is 8.42 Å². The van der Waals surface area contributed by atoms with Gasteiger partial charge in [-0.05, 0) is 24.3 Å². The number of ether oxygens (including phenoxy) is 2. The van der Waals surface area contributed by atoms with Gasteiger partial charge in [0.15, 0.2) is 0 Å². The minimum atomic E-state index is -3.72. The van der Waals surface area contributed by atoms with Crippen molar-refractivity contribution in [2.75, 3.05) is 21.3 Å². The summed E-state index contributed by atoms with van der Waals surface area (Å²) in [5.41, 5.74) is 1.01. The molecule has 2 rings (SSSR count). The van der Waals surface area contributed by atoms with Crippen molar-refractivity contribution in [1.29, 1.82) is 5.26 Å². The summed E-state index contributed by atoms with van der Waals surface area (Å²) in [6.07, 6.45) is 0. The monoisotopic (exact) mass is 346 g/mol. The van der Waals surface area contributed by atoms with Crippen LogP contribution >= 0.6 is 0 Å². The first-order valence-corrected chi connectivity index (χ1v) is 8.53. The maximum atomic E-state index is 12.7. The molecule has 2 aromatic carbocycles. The molecule has 0 amide bonds. The molecule has 0 saturated carbocycles. The van der Waals surface area contributed by atoms with Crippen LogP contribution in [0.25, 0.3) is 0 Å². The second-order valence-corrected chi connectivity index (χ2v) is 7.12. The highest BCUT2D eigenvalue weighted by molar-refractivity contribution is 7.89. The van der Waals surface area contributed by atoms with E-state index < -0.39 is 10.0 Å². The lowest BCUT2D eigenvalue weighted by molar-refractivity contribution is 0.384. The summed E-state index contributed by atoms with van der Waals surface area (Å²) >= 11 is 0. The van der Waals surface area contributed by atoms with E-state index in [1.54, 1.807) is 37.4 Å². The van der Waals surface area contributed by atoms with Crippen LogP contribution in [0, 0.1) is 11.3 Å². The molecule has 0 atom stereocenters. The fraction of sp³-hybridized carbons (Fsp3) is 0.235. The third-order valence-electron chi connectivity index (χ3n) is 3.56. The van der Waals surface area contributed by atoms with Gasteiger partial charge in [0.2, 0.25) is 10.0 Å². The van der Waals surface area contributed by atoms with Gasteiger partial charge in [-0.15, -0.1) is 0 Å². The average molecular weight is 346 g/mol. The lowest BCUT2D eigenvalue weighted by atomic mass is 10.2. The third-order valence-corrected chi connectivity index (χ3v) is 5.36. The van der Waals surface area contributed by atoms with Crippen LogP contribution < -0.4 is 9.47 Å². The first-order chi connectivity index (χ1) is 11.4. The van der Waals surface area contributed by atoms with Crippen molar-refractivity contribution in [2.45, 2.75) is 11.4 Å². The average Bonchev–Trinajstić information content (AvgIpc) is 2.61. The molecule has 7 heteroatoms. The Bertz CT molecular complexity index is 872. The second kappa shape index (κ2) is 7.34. The molecule has 0 heterocycles. The number of hydrogen-bond acceptors (Lipinski definition) is 5. The van der Waals surface area contributed by atoms with Crippen molar-refractivity contribution < 1.29 is 17.9 Å². The predicted octanol–water partition coefficient (Wildman–Crippen LogP) is 2.40. The molecule has 126 valence electrons. The standard InChI is InChI=1S/C17H18N2O4S/c1-19(12-14-7-8-15(22-2)10-17(14)23-3)24(20,21)16-6-4-5-13(9-16)11-18/h4-10H,12H2,1-3H3. The van der Waals surface area contributed by atoms with Crippen LogP contribution in [0.5, 0.6) is 11.5 Å². The maximum absolute atomic E-state index is 12.7. The van der Waals surface area contributed by atoms with E-state index in [-0.39, 0.29) is 11.4 Å². The summed E-state index contributed by atoms with van der Waals surface area (Å²) in [5, 5.41) is 8.93. The zero-order valence-electron chi connectivity index (χ0n) is 13.7. The number of rotatable bonds is 6. The zero-order chi connectivity index (χ0) is 17.7. The van der Waals surface area contributed by atoms with Crippen LogP contribution in [0.3, 0.4) is 0 Å². The molecule has 0 aliphatic heterocycles. The largest absolute Gasteiger partial charge is 0.497 e. The van der Waals surface area contributed by atoms with E-state index in [0.717, 1.165) is 0 Å². The van der Waals surface area contributed by atoms with E-state index in [4.69, 9.17) is 14.7 Å². The van der Waals surface area contributed by atoms with E-state index in [2.05, 4.69) is 0 Å². The van der Waals surface area contributed by atoms with Gasteiger partial charge in [0.1, 0.15) is 11.5 Å². The van der Waals surface area contributed by atoms with E-state index in [0.29, 0.717) is 22.6 Å². The maximum Gasteiger partial charge on any atom is 0.243 e. The SMILES string of the molecule is COc1ccc(CN(C)S(=O)(=O)c2cccc(C#N)c2)c(OC)c1. The Morgan fingerprint density at radius 2 is 1.88 bits per heavy atom. The summed E-state index contributed by atoms with van der Waals surface area (Å²) in [6, 6.07) is 13.1. The first kappa shape index (κ1) is 17.8. The van der Waals surface area contributed by atoms with Gasteiger partial charge < -0.3 is 9.47 Å². The fourth-order valence-electron chi connectivity index (χ4n) is 2.21. The van der Waals surface area contributed by atoms with Gasteiger partial charge >= 0.3 is 0 Å². The summed E-state index contributed by atoms with van der Waals surface area (Å²) in [6.45, 7) is 0.131. The first-order valence-electron chi connectivity index (χ1n) is 7.09. The second-order valence-electron chi connectivity index (χ2n) is 5.08. The van der Waals surface area contributed by atoms with Crippen molar-refractivity contribution in [3.8, 4) is 17.6 Å². The predicted molar refractivity (Wildman–Crippen MR) is 89.4 cm³/mol. The molecule has 0 unspecified atom stereocenters. The molecule has 6 nitrogen and oxygen atoms in total. The molecular formula is C17H18N2O4S. The van der Waals surface area contributed by atoms with Gasteiger partial charge in [-0.3, -0.25) is 0 Å². The molecule has 0 fully saturated rings. The van der Waals surface area contributed by atoms with E-state index in [1.807, 2.05) is 6.07 Å². The van der Waals surface area contributed by atoms with Crippen LogP contribution in [0.4, 0.5) is 0 Å². The Balaban J connectivity index is 2.31. The molecule has 0 radical (unpaired) electrons. The Morgan fingerprint density at radius 3 is 2.50 bits per heavy atom. The Kier molecular flexibility index (Phi) is 5.44. The summed E-state index contributed by atoms with van der Waals surface area (Å²) in [5.74, 6) is 1.17. The van der Waals surface area contributed by atoms with Crippen molar-refractivity contribution in [1.82, 2.24) is 4.31 Å². The smallest absolute Gasteiger partial charge is 0.243 e. The van der Waals surface area contributed by atoms with Gasteiger partial charge in [-0.2, -0.15) is 9.57 Å². The van der Waals surface area contributed by atoms with Crippen LogP contribution in [0.1, 0.15) is 11.1 Å². The lowest BCUT2D eigenvalue weighted by Crippen LogP contribution is -2.26. The highest BCUT2D eigenvalue weighted by Gasteiger charge is 2.22. The number of sulfonamides is 1. The molecule has 0 aliphatic carbocycles. The molecule has 24 heavy (non-hydrogen) atoms. The number of benzene rings is 2. The summed E-state index contributed by atoms with van der Waals surface area (Å²) < 4.78 is 37.0. The molecule has 0 saturated heterocycles. The third kappa shape index (κ3) is 3.67. The van der Waals surface area contributed by atoms with E-state index >= 15 is 0 Å². The molecule has 0 N–H and O–H groups in total. The van der Waals surface area contributed by atoms with E-state index in [1.165, 1.54) is 30.6 Å². The number of hydrogen-bond donors (Lipinski definition) is 0. The number of nitrogens with zero attached hydrogens (tertiary/aromatic N) is 2. The normalized spacial score (nSPS) is 11.1. The number of methoxy groups -OCH3 is 2. The summed E-state index contributed by atoms with van der Waals surface area (Å²) in [7, 11) is 0.835. The van der Waals surface area contributed by atoms with Crippen LogP contribution in [0.2, 0.25) is 0 Å². The fourth-order valence-corrected chi connectivity index (χ4v) is 3.41. The highest BCUT2D eigenvalue weighted by Crippen LogP contribution is 2.27. The van der Waals surface area contributed by atoms with Crippen LogP contribution in [-0.2, 0) is 16.6 Å². The highest BCUT2D eigenvalue weighted by atomic mass is 32.2. The summed E-state index contributed by atoms with van der Waals surface area (Å²) in [4.78, 5) is 0.0801. The molecule has 0 aromatic heterocycles. The molecule has 2 aromatic rings. The number of nitriles is 1. The van der Waals surface area contributed by atoms with Gasteiger partial charge in [-0.1, -0.05) is 12.1 Å². The molecule has 0 spiro atoms. The quantitative estimate of drug-likeness (QED) is 0.802. The Labute approximate surface area is 141 Å². The Morgan fingerprint density at radius 1 is 1.12 bits per heavy atom. The van der Waals surface area contributed by atoms with Crippen LogP contribution in [0.15, 0.2) is 47.4 Å². The van der Waals surface area contributed by atoms with Crippen molar-refractivity contribution >= 4 is 10.0 Å². The van der Waals surface area contributed by atoms with Crippen molar-refractivity contribution in [2.24, 2.45) is 0 Å². The lowest BCUT2D eigenvalue weighted by Gasteiger charge is -2.19. The van der Waals surface area contributed by atoms with Crippen molar-refractivity contribution in [3.05, 3.63) is 53.6 Å². The van der Waals surface area contributed by atoms with E-state index in [9.17, 15) is 8.42 Å². The molecule has 0 aliphatic rings. The zero-order valence-corrected chi connectivity index (χ0v) is 14.5. The van der Waals surface area contributed by atoms with Gasteiger partial charge in [0.05, 0.1) is 30.7 Å². The molecule has 0 bridgehead atoms. The topological polar surface area (TPSA) is 79.6 Å². The molecular weight excluding hydrogens is 328 g/mol. The van der Waals surface area contributed by atoms with Gasteiger partial charge in [0, 0.05) is 25.2 Å². The Hall–Kier alpha value is -2.56. The minimum Gasteiger partial charge on any atom is -0.497 e. The van der Waals surface area contributed by atoms with Gasteiger partial charge in [0.25, 0.3) is 0 Å². The van der Waals surface area contributed by atoms with Crippen molar-refractivity contribution in [3.63, 3.8) is 0 Å².